The normalized spacial score (nSPS) is 17.4. The third kappa shape index (κ3) is 7.61. The molecule has 0 aliphatic rings. The van der Waals surface area contributed by atoms with E-state index >= 15 is 0 Å². The molecule has 124 valence electrons. The number of aliphatic hydroxyl groups is 5. The Bertz CT molecular complexity index is 392. The van der Waals surface area contributed by atoms with Gasteiger partial charge in [-0.1, -0.05) is 0 Å². The van der Waals surface area contributed by atoms with Gasteiger partial charge in [0, 0.05) is 13.3 Å². The second-order valence-corrected chi connectivity index (χ2v) is 4.46. The number of hydrogen-bond acceptors (Lipinski definition) is 8. The predicted octanol–water partition coefficient (Wildman–Crippen LogP) is -4.68. The van der Waals surface area contributed by atoms with Crippen molar-refractivity contribution in [2.24, 2.45) is 0 Å². The first-order valence-corrected chi connectivity index (χ1v) is 5.98. The standard InChI is InChI=1S/C11H19NO9.Na.H/c1-4(14)12-8(5(15)2-6(16)11(20)21)10(19)9(18)7(17)3-13;;/h5,7-10,13,15,17-19H,2-3H2,1H3,(H,12,14)(H,20,21);;/t5-,7+,8+,9+,10+;;/m0../s1. The molecule has 0 aromatic rings. The molecule has 7 N–H and O–H groups in total. The van der Waals surface area contributed by atoms with E-state index in [-0.39, 0.29) is 29.6 Å². The molecule has 0 aliphatic carbocycles. The van der Waals surface area contributed by atoms with E-state index in [1.165, 1.54) is 0 Å². The first kappa shape index (κ1) is 23.7. The van der Waals surface area contributed by atoms with Crippen molar-refractivity contribution in [3.8, 4) is 0 Å². The van der Waals surface area contributed by atoms with Gasteiger partial charge < -0.3 is 36.0 Å². The Kier molecular flexibility index (Phi) is 11.9. The number of aliphatic carboxylic acids is 1. The zero-order valence-corrected chi connectivity index (χ0v) is 11.2. The number of hydrogen-bond donors (Lipinski definition) is 7. The molecule has 0 unspecified atom stereocenters. The van der Waals surface area contributed by atoms with Gasteiger partial charge in [-0.2, -0.15) is 0 Å². The van der Waals surface area contributed by atoms with Gasteiger partial charge in [0.2, 0.25) is 11.7 Å². The van der Waals surface area contributed by atoms with Gasteiger partial charge in [0.15, 0.2) is 0 Å². The van der Waals surface area contributed by atoms with Crippen molar-refractivity contribution in [1.29, 1.82) is 0 Å². The summed E-state index contributed by atoms with van der Waals surface area (Å²) in [5.41, 5.74) is 0. The monoisotopic (exact) mass is 333 g/mol. The van der Waals surface area contributed by atoms with Crippen LogP contribution in [0.25, 0.3) is 0 Å². The minimum absolute atomic E-state index is 0. The van der Waals surface area contributed by atoms with Crippen molar-refractivity contribution in [1.82, 2.24) is 5.32 Å². The minimum atomic E-state index is -1.94. The average Bonchev–Trinajstić information content (AvgIpc) is 2.41. The third-order valence-corrected chi connectivity index (χ3v) is 2.72. The number of carboxylic acids is 1. The number of ketones is 1. The molecule has 0 aliphatic heterocycles. The molecule has 0 rings (SSSR count). The summed E-state index contributed by atoms with van der Waals surface area (Å²) in [6.07, 6.45) is -8.35. The Labute approximate surface area is 148 Å². The van der Waals surface area contributed by atoms with Crippen molar-refractivity contribution < 1.29 is 45.0 Å². The van der Waals surface area contributed by atoms with Gasteiger partial charge in [0.05, 0.1) is 18.8 Å². The predicted molar refractivity (Wildman–Crippen MR) is 73.1 cm³/mol. The molecule has 0 heterocycles. The van der Waals surface area contributed by atoms with Gasteiger partial charge in [-0.25, -0.2) is 4.79 Å². The van der Waals surface area contributed by atoms with Crippen LogP contribution in [0.3, 0.4) is 0 Å². The van der Waals surface area contributed by atoms with Crippen LogP contribution in [0, 0.1) is 0 Å². The molecule has 0 bridgehead atoms. The van der Waals surface area contributed by atoms with Crippen LogP contribution in [0.5, 0.6) is 0 Å². The topological polar surface area (TPSA) is 185 Å². The van der Waals surface area contributed by atoms with Crippen LogP contribution in [0.2, 0.25) is 0 Å². The summed E-state index contributed by atoms with van der Waals surface area (Å²) >= 11 is 0. The van der Waals surface area contributed by atoms with Gasteiger partial charge >= 0.3 is 35.5 Å². The fourth-order valence-corrected chi connectivity index (χ4v) is 1.60. The van der Waals surface area contributed by atoms with Crippen LogP contribution in [-0.4, -0.2) is 115 Å². The maximum atomic E-state index is 11.0. The van der Waals surface area contributed by atoms with E-state index in [4.69, 9.17) is 10.2 Å². The number of carboxylic acid groups (broad SMARTS) is 1. The van der Waals surface area contributed by atoms with Gasteiger partial charge in [-0.3, -0.25) is 9.59 Å². The summed E-state index contributed by atoms with van der Waals surface area (Å²) < 4.78 is 0. The summed E-state index contributed by atoms with van der Waals surface area (Å²) in [6.45, 7) is 0.134. The van der Waals surface area contributed by atoms with E-state index in [0.29, 0.717) is 0 Å². The Hall–Kier alpha value is -0.590. The van der Waals surface area contributed by atoms with Crippen LogP contribution in [0.4, 0.5) is 0 Å². The molecule has 11 heteroatoms. The SMILES string of the molecule is CC(=O)N[C@@H]([C@@H](O)[C@H](O)[C@H](O)CO)[C@@H](O)CC(=O)C(=O)O.[NaH]. The van der Waals surface area contributed by atoms with E-state index in [1.54, 1.807) is 0 Å². The summed E-state index contributed by atoms with van der Waals surface area (Å²) in [4.78, 5) is 32.4. The summed E-state index contributed by atoms with van der Waals surface area (Å²) in [7, 11) is 0. The van der Waals surface area contributed by atoms with Crippen LogP contribution in [-0.2, 0) is 14.4 Å². The molecule has 22 heavy (non-hydrogen) atoms. The van der Waals surface area contributed by atoms with Crippen LogP contribution < -0.4 is 5.32 Å². The number of carbonyl (C=O) groups is 3. The average molecular weight is 333 g/mol. The van der Waals surface area contributed by atoms with E-state index in [0.717, 1.165) is 6.92 Å². The van der Waals surface area contributed by atoms with Crippen molar-refractivity contribution in [2.75, 3.05) is 6.61 Å². The van der Waals surface area contributed by atoms with Crippen molar-refractivity contribution in [2.45, 2.75) is 43.8 Å². The fraction of sp³-hybridized carbons (Fsp3) is 0.727. The fourth-order valence-electron chi connectivity index (χ4n) is 1.60. The first-order valence-electron chi connectivity index (χ1n) is 5.98. The quantitative estimate of drug-likeness (QED) is 0.161. The van der Waals surface area contributed by atoms with Gasteiger partial charge in [0.25, 0.3) is 0 Å². The maximum absolute atomic E-state index is 11.0. The molecule has 0 saturated carbocycles. The first-order chi connectivity index (χ1) is 9.61. The summed E-state index contributed by atoms with van der Waals surface area (Å²) in [5.74, 6) is -3.89. The van der Waals surface area contributed by atoms with Crippen LogP contribution in [0.15, 0.2) is 0 Å². The van der Waals surface area contributed by atoms with E-state index in [1.807, 2.05) is 5.32 Å². The molecule has 10 nitrogen and oxygen atoms in total. The number of carbonyl (C=O) groups excluding carboxylic acids is 2. The van der Waals surface area contributed by atoms with E-state index in [2.05, 4.69) is 0 Å². The second kappa shape index (κ2) is 11.0. The Balaban J connectivity index is 0. The third-order valence-electron chi connectivity index (χ3n) is 2.72. The summed E-state index contributed by atoms with van der Waals surface area (Å²) in [6, 6.07) is -1.61. The van der Waals surface area contributed by atoms with Gasteiger partial charge in [-0.15, -0.1) is 0 Å². The van der Waals surface area contributed by atoms with Gasteiger partial charge in [-0.05, 0) is 0 Å². The Morgan fingerprint density at radius 1 is 1.00 bits per heavy atom. The molecule has 0 saturated heterocycles. The zero-order valence-electron chi connectivity index (χ0n) is 11.2. The van der Waals surface area contributed by atoms with Crippen molar-refractivity contribution >= 4 is 47.2 Å². The van der Waals surface area contributed by atoms with Crippen molar-refractivity contribution in [3.05, 3.63) is 0 Å². The molecular formula is C11H20NNaO9. The van der Waals surface area contributed by atoms with E-state index in [9.17, 15) is 34.8 Å². The molecular weight excluding hydrogens is 313 g/mol. The second-order valence-electron chi connectivity index (χ2n) is 4.46. The van der Waals surface area contributed by atoms with Crippen LogP contribution >= 0.6 is 0 Å². The molecule has 0 radical (unpaired) electrons. The number of aliphatic hydroxyl groups excluding tert-OH is 5. The molecule has 0 spiro atoms. The Morgan fingerprint density at radius 2 is 1.50 bits per heavy atom. The Morgan fingerprint density at radius 3 is 1.86 bits per heavy atom. The zero-order chi connectivity index (χ0) is 16.7. The van der Waals surface area contributed by atoms with Crippen molar-refractivity contribution in [3.63, 3.8) is 0 Å². The molecule has 0 aromatic carbocycles. The van der Waals surface area contributed by atoms with Gasteiger partial charge in [0.1, 0.15) is 18.3 Å². The molecule has 0 fully saturated rings. The van der Waals surface area contributed by atoms with Crippen LogP contribution in [0.1, 0.15) is 13.3 Å². The summed E-state index contributed by atoms with van der Waals surface area (Å²) in [5, 5.41) is 57.4. The molecule has 1 amide bonds. The molecule has 0 aromatic heterocycles. The number of amides is 1. The number of Topliss-reactive ketones (excluding diaryl/α,β-unsaturated/α-hetero) is 1. The number of rotatable bonds is 9. The molecule has 5 atom stereocenters. The van der Waals surface area contributed by atoms with E-state index < -0.39 is 61.1 Å². The number of nitrogens with one attached hydrogen (secondary N) is 1.